The summed E-state index contributed by atoms with van der Waals surface area (Å²) in [4.78, 5) is 18.7. The fourth-order valence-electron chi connectivity index (χ4n) is 3.57. The molecule has 1 fully saturated rings. The van der Waals surface area contributed by atoms with E-state index in [0.29, 0.717) is 19.7 Å². The van der Waals surface area contributed by atoms with Crippen LogP contribution in [0.3, 0.4) is 0 Å². The quantitative estimate of drug-likeness (QED) is 0.795. The van der Waals surface area contributed by atoms with Gasteiger partial charge in [-0.25, -0.2) is 4.79 Å². The number of nitrogens with zero attached hydrogens (tertiary/aromatic N) is 2. The number of halogens is 1. The highest BCUT2D eigenvalue weighted by atomic mass is 35.5. The predicted molar refractivity (Wildman–Crippen MR) is 101 cm³/mol. The summed E-state index contributed by atoms with van der Waals surface area (Å²) in [6.07, 6.45) is 3.64. The van der Waals surface area contributed by atoms with Gasteiger partial charge in [0.05, 0.1) is 5.69 Å². The Morgan fingerprint density at radius 2 is 1.72 bits per heavy atom. The summed E-state index contributed by atoms with van der Waals surface area (Å²) < 4.78 is 5.44. The highest BCUT2D eigenvalue weighted by Crippen LogP contribution is 2.43. The zero-order chi connectivity index (χ0) is 16.4. The number of benzene rings is 2. The number of amides is 1. The maximum Gasteiger partial charge on any atom is 0.410 e. The zero-order valence-electron chi connectivity index (χ0n) is 13.9. The molecule has 2 heterocycles. The number of hydrogen-bond acceptors (Lipinski definition) is 3. The molecule has 5 heteroatoms. The number of para-hydroxylation sites is 1. The fourth-order valence-corrected chi connectivity index (χ4v) is 3.57. The lowest BCUT2D eigenvalue weighted by atomic mass is 9.75. The van der Waals surface area contributed by atoms with Crippen molar-refractivity contribution in [3.8, 4) is 0 Å². The maximum atomic E-state index is 12.3. The number of hydrogen-bond donors (Lipinski definition) is 0. The van der Waals surface area contributed by atoms with Crippen molar-refractivity contribution >= 4 is 30.4 Å². The molecule has 25 heavy (non-hydrogen) atoms. The van der Waals surface area contributed by atoms with Gasteiger partial charge in [0.15, 0.2) is 0 Å². The summed E-state index contributed by atoms with van der Waals surface area (Å²) in [7, 11) is 0. The van der Waals surface area contributed by atoms with E-state index in [1.54, 1.807) is 0 Å². The van der Waals surface area contributed by atoms with E-state index in [2.05, 4.69) is 29.4 Å². The lowest BCUT2D eigenvalue weighted by Crippen LogP contribution is -2.45. The second-order valence-electron chi connectivity index (χ2n) is 6.46. The summed E-state index contributed by atoms with van der Waals surface area (Å²) in [5.74, 6) is 0. The van der Waals surface area contributed by atoms with E-state index in [0.717, 1.165) is 24.1 Å². The molecule has 2 aromatic rings. The SMILES string of the molecule is Cl.O=C(OCc1ccccc1)N1CCC2(C=Nc3ccccc32)CC1. The van der Waals surface area contributed by atoms with Crippen molar-refractivity contribution in [2.45, 2.75) is 24.9 Å². The van der Waals surface area contributed by atoms with Gasteiger partial charge in [0.1, 0.15) is 6.61 Å². The predicted octanol–water partition coefficient (Wildman–Crippen LogP) is 4.49. The van der Waals surface area contributed by atoms with Crippen LogP contribution in [0, 0.1) is 0 Å². The molecule has 0 bridgehead atoms. The standard InChI is InChI=1S/C20H20N2O2.ClH/c23-19(24-14-16-6-2-1-3-7-16)22-12-10-20(11-13-22)15-21-18-9-5-4-8-17(18)20;/h1-9,15H,10-14H2;1H. The van der Waals surface area contributed by atoms with E-state index < -0.39 is 0 Å². The summed E-state index contributed by atoms with van der Waals surface area (Å²) >= 11 is 0. The van der Waals surface area contributed by atoms with Crippen LogP contribution in [0.5, 0.6) is 0 Å². The topological polar surface area (TPSA) is 41.9 Å². The van der Waals surface area contributed by atoms with Gasteiger partial charge >= 0.3 is 6.09 Å². The fraction of sp³-hybridized carbons (Fsp3) is 0.300. The van der Waals surface area contributed by atoms with E-state index in [9.17, 15) is 4.79 Å². The average Bonchev–Trinajstić information content (AvgIpc) is 3.00. The molecule has 4 nitrogen and oxygen atoms in total. The van der Waals surface area contributed by atoms with Crippen molar-refractivity contribution in [3.63, 3.8) is 0 Å². The first kappa shape index (κ1) is 17.5. The van der Waals surface area contributed by atoms with Crippen LogP contribution in [-0.2, 0) is 16.8 Å². The monoisotopic (exact) mass is 356 g/mol. The molecule has 0 atom stereocenters. The Kier molecular flexibility index (Phi) is 5.09. The number of ether oxygens (including phenoxy) is 1. The van der Waals surface area contributed by atoms with Crippen molar-refractivity contribution in [1.29, 1.82) is 0 Å². The Balaban J connectivity index is 0.00000182. The number of carbonyl (C=O) groups is 1. The van der Waals surface area contributed by atoms with Gasteiger partial charge in [0, 0.05) is 24.7 Å². The summed E-state index contributed by atoms with van der Waals surface area (Å²) in [6.45, 7) is 1.73. The molecule has 0 N–H and O–H groups in total. The molecule has 1 amide bonds. The molecular weight excluding hydrogens is 336 g/mol. The summed E-state index contributed by atoms with van der Waals surface area (Å²) in [5, 5.41) is 0. The largest absolute Gasteiger partial charge is 0.445 e. The molecule has 2 aromatic carbocycles. The molecule has 4 rings (SSSR count). The molecule has 2 aliphatic heterocycles. The van der Waals surface area contributed by atoms with Gasteiger partial charge in [-0.15, -0.1) is 12.4 Å². The maximum absolute atomic E-state index is 12.3. The van der Waals surface area contributed by atoms with Crippen LogP contribution in [0.4, 0.5) is 10.5 Å². The van der Waals surface area contributed by atoms with Crippen molar-refractivity contribution in [2.75, 3.05) is 13.1 Å². The van der Waals surface area contributed by atoms with Crippen molar-refractivity contribution in [3.05, 3.63) is 65.7 Å². The summed E-state index contributed by atoms with van der Waals surface area (Å²) in [6, 6.07) is 18.1. The number of piperidine rings is 1. The highest BCUT2D eigenvalue weighted by molar-refractivity contribution is 5.86. The van der Waals surface area contributed by atoms with Crippen molar-refractivity contribution in [2.24, 2.45) is 4.99 Å². The third-order valence-corrected chi connectivity index (χ3v) is 5.01. The molecule has 0 aliphatic carbocycles. The highest BCUT2D eigenvalue weighted by Gasteiger charge is 2.40. The van der Waals surface area contributed by atoms with Gasteiger partial charge in [-0.2, -0.15) is 0 Å². The number of likely N-dealkylation sites (tertiary alicyclic amines) is 1. The minimum Gasteiger partial charge on any atom is -0.445 e. The molecule has 0 saturated carbocycles. The second-order valence-corrected chi connectivity index (χ2v) is 6.46. The van der Waals surface area contributed by atoms with Crippen LogP contribution in [0.2, 0.25) is 0 Å². The van der Waals surface area contributed by atoms with Crippen LogP contribution in [0.25, 0.3) is 0 Å². The van der Waals surface area contributed by atoms with Gasteiger partial charge in [0.2, 0.25) is 0 Å². The van der Waals surface area contributed by atoms with Crippen molar-refractivity contribution < 1.29 is 9.53 Å². The van der Waals surface area contributed by atoms with Crippen LogP contribution in [-0.4, -0.2) is 30.3 Å². The van der Waals surface area contributed by atoms with E-state index in [1.165, 1.54) is 5.56 Å². The lowest BCUT2D eigenvalue weighted by molar-refractivity contribution is 0.0841. The Hall–Kier alpha value is -2.33. The van der Waals surface area contributed by atoms with Gasteiger partial charge < -0.3 is 9.64 Å². The number of fused-ring (bicyclic) bond motifs is 2. The van der Waals surface area contributed by atoms with Crippen LogP contribution in [0.15, 0.2) is 59.6 Å². The molecule has 0 aromatic heterocycles. The smallest absolute Gasteiger partial charge is 0.410 e. The van der Waals surface area contributed by atoms with Crippen LogP contribution in [0.1, 0.15) is 24.0 Å². The first-order chi connectivity index (χ1) is 11.8. The number of rotatable bonds is 2. The van der Waals surface area contributed by atoms with E-state index in [1.807, 2.05) is 41.3 Å². The Morgan fingerprint density at radius 1 is 1.04 bits per heavy atom. The lowest BCUT2D eigenvalue weighted by Gasteiger charge is -2.37. The summed E-state index contributed by atoms with van der Waals surface area (Å²) in [5.41, 5.74) is 3.36. The molecule has 2 aliphatic rings. The van der Waals surface area contributed by atoms with E-state index >= 15 is 0 Å². The van der Waals surface area contributed by atoms with E-state index in [-0.39, 0.29) is 23.9 Å². The molecule has 0 radical (unpaired) electrons. The first-order valence-corrected chi connectivity index (χ1v) is 8.37. The third kappa shape index (κ3) is 3.40. The van der Waals surface area contributed by atoms with Gasteiger partial charge in [0.25, 0.3) is 0 Å². The normalized spacial score (nSPS) is 17.0. The van der Waals surface area contributed by atoms with Gasteiger partial charge in [-0.05, 0) is 30.0 Å². The van der Waals surface area contributed by atoms with E-state index in [4.69, 9.17) is 4.74 Å². The van der Waals surface area contributed by atoms with Crippen molar-refractivity contribution in [1.82, 2.24) is 4.90 Å². The van der Waals surface area contributed by atoms with Gasteiger partial charge in [-0.1, -0.05) is 48.5 Å². The Bertz CT molecular complexity index is 768. The molecule has 0 unspecified atom stereocenters. The molecule has 130 valence electrons. The third-order valence-electron chi connectivity index (χ3n) is 5.01. The van der Waals surface area contributed by atoms with Crippen LogP contribution >= 0.6 is 12.4 Å². The number of carbonyl (C=O) groups excluding carboxylic acids is 1. The average molecular weight is 357 g/mol. The molecular formula is C20H21ClN2O2. The number of aliphatic imine (C=N–C) groups is 1. The molecule has 1 spiro atoms. The minimum absolute atomic E-state index is 0. The zero-order valence-corrected chi connectivity index (χ0v) is 14.7. The second kappa shape index (κ2) is 7.28. The minimum atomic E-state index is -0.225. The van der Waals surface area contributed by atoms with Crippen LogP contribution < -0.4 is 0 Å². The Labute approximate surface area is 153 Å². The Morgan fingerprint density at radius 3 is 2.48 bits per heavy atom. The first-order valence-electron chi connectivity index (χ1n) is 8.37. The van der Waals surface area contributed by atoms with Gasteiger partial charge in [-0.3, -0.25) is 4.99 Å². The molecule has 1 saturated heterocycles.